The van der Waals surface area contributed by atoms with Crippen LogP contribution in [0.15, 0.2) is 39.9 Å². The van der Waals surface area contributed by atoms with E-state index in [1.165, 1.54) is 27.3 Å². The minimum atomic E-state index is -0.538. The molecule has 1 aliphatic rings. The van der Waals surface area contributed by atoms with Crippen molar-refractivity contribution in [1.29, 1.82) is 0 Å². The maximum absolute atomic E-state index is 14.9. The summed E-state index contributed by atoms with van der Waals surface area (Å²) in [5, 5.41) is 0. The Morgan fingerprint density at radius 1 is 1.08 bits per heavy atom. The highest BCUT2D eigenvalue weighted by molar-refractivity contribution is 5.79. The van der Waals surface area contributed by atoms with Gasteiger partial charge in [-0.15, -0.1) is 0 Å². The van der Waals surface area contributed by atoms with Crippen molar-refractivity contribution in [2.75, 3.05) is 6.61 Å². The lowest BCUT2D eigenvalue weighted by Gasteiger charge is -2.15. The Bertz CT molecular complexity index is 1620. The number of nitrogens with zero attached hydrogens (tertiary/aromatic N) is 5. The molecule has 10 heteroatoms. The lowest BCUT2D eigenvalue weighted by Crippen LogP contribution is -2.41. The monoisotopic (exact) mass is 523 g/mol. The quantitative estimate of drug-likeness (QED) is 0.314. The molecule has 8 nitrogen and oxygen atoms in total. The summed E-state index contributed by atoms with van der Waals surface area (Å²) < 4.78 is 39.0. The van der Waals surface area contributed by atoms with Crippen molar-refractivity contribution in [2.24, 2.45) is 5.92 Å². The number of halogens is 2. The van der Waals surface area contributed by atoms with Crippen LogP contribution in [0.2, 0.25) is 0 Å². The van der Waals surface area contributed by atoms with E-state index in [9.17, 15) is 18.4 Å². The first-order chi connectivity index (χ1) is 18.2. The van der Waals surface area contributed by atoms with Gasteiger partial charge in [-0.3, -0.25) is 13.9 Å². The molecule has 0 N–H and O–H groups in total. The molecule has 1 aliphatic carbocycles. The van der Waals surface area contributed by atoms with Gasteiger partial charge < -0.3 is 9.30 Å². The highest BCUT2D eigenvalue weighted by Gasteiger charge is 2.28. The third-order valence-electron chi connectivity index (χ3n) is 6.79. The van der Waals surface area contributed by atoms with Crippen LogP contribution in [0.5, 0.6) is 5.88 Å². The van der Waals surface area contributed by atoms with Crippen LogP contribution in [0.25, 0.3) is 22.6 Å². The summed E-state index contributed by atoms with van der Waals surface area (Å²) in [5.41, 5.74) is 0.660. The molecule has 0 radical (unpaired) electrons. The molecule has 1 aromatic carbocycles. The summed E-state index contributed by atoms with van der Waals surface area (Å²) in [4.78, 5) is 36.3. The van der Waals surface area contributed by atoms with Crippen LogP contribution in [0.3, 0.4) is 0 Å². The van der Waals surface area contributed by atoms with Crippen LogP contribution in [0, 0.1) is 24.5 Å². The number of benzene rings is 1. The van der Waals surface area contributed by atoms with Crippen molar-refractivity contribution in [1.82, 2.24) is 23.7 Å². The maximum Gasteiger partial charge on any atom is 0.332 e. The predicted octanol–water partition coefficient (Wildman–Crippen LogP) is 4.84. The van der Waals surface area contributed by atoms with Crippen molar-refractivity contribution in [3.8, 4) is 17.3 Å². The molecule has 0 bridgehead atoms. The molecule has 0 atom stereocenters. The fraction of sp³-hybridized carbons (Fsp3) is 0.429. The van der Waals surface area contributed by atoms with Gasteiger partial charge >= 0.3 is 5.69 Å². The Morgan fingerprint density at radius 3 is 2.42 bits per heavy atom. The van der Waals surface area contributed by atoms with E-state index in [0.29, 0.717) is 24.5 Å². The normalized spacial score (nSPS) is 13.6. The molecule has 1 fully saturated rings. The first-order valence-electron chi connectivity index (χ1n) is 13.0. The van der Waals surface area contributed by atoms with E-state index < -0.39 is 17.1 Å². The zero-order valence-corrected chi connectivity index (χ0v) is 22.0. The van der Waals surface area contributed by atoms with Crippen LogP contribution in [0.4, 0.5) is 8.78 Å². The average Bonchev–Trinajstić information content (AvgIpc) is 3.64. The average molecular weight is 524 g/mol. The second kappa shape index (κ2) is 10.2. The van der Waals surface area contributed by atoms with E-state index in [1.807, 2.05) is 20.8 Å². The van der Waals surface area contributed by atoms with Crippen molar-refractivity contribution < 1.29 is 13.5 Å². The van der Waals surface area contributed by atoms with Gasteiger partial charge in [-0.2, -0.15) is 0 Å². The molecule has 3 heterocycles. The summed E-state index contributed by atoms with van der Waals surface area (Å²) in [5.74, 6) is -0.0198. The summed E-state index contributed by atoms with van der Waals surface area (Å²) in [6, 6.07) is 6.93. The van der Waals surface area contributed by atoms with Gasteiger partial charge in [0.15, 0.2) is 11.2 Å². The number of fused-ring (bicyclic) bond motifs is 1. The minimum Gasteiger partial charge on any atom is -0.477 e. The minimum absolute atomic E-state index is 0.140. The molecular formula is C28H31F2N5O3. The van der Waals surface area contributed by atoms with Crippen LogP contribution in [-0.4, -0.2) is 30.3 Å². The largest absolute Gasteiger partial charge is 0.477 e. The number of aromatic nitrogens is 5. The highest BCUT2D eigenvalue weighted by Crippen LogP contribution is 2.35. The van der Waals surface area contributed by atoms with Crippen molar-refractivity contribution in [3.63, 3.8) is 0 Å². The number of rotatable bonds is 9. The van der Waals surface area contributed by atoms with E-state index >= 15 is 0 Å². The number of ether oxygens (including phenoxy) is 1. The fourth-order valence-electron chi connectivity index (χ4n) is 4.58. The first-order valence-corrected chi connectivity index (χ1v) is 13.0. The smallest absolute Gasteiger partial charge is 0.332 e. The zero-order valence-electron chi connectivity index (χ0n) is 22.0. The number of imidazole rings is 1. The van der Waals surface area contributed by atoms with Crippen LogP contribution in [0.1, 0.15) is 57.3 Å². The van der Waals surface area contributed by atoms with Crippen LogP contribution < -0.4 is 16.0 Å². The van der Waals surface area contributed by atoms with Gasteiger partial charge in [-0.25, -0.2) is 23.5 Å². The van der Waals surface area contributed by atoms with Crippen molar-refractivity contribution >= 4 is 11.2 Å². The maximum atomic E-state index is 14.9. The standard InChI is InChI=1S/C28H31F2N5O3/c1-5-12-33-27(36)23-25(35(16(2)3)28(33)37)32-24(34(23)14-18-8-10-20(29)11-9-18)21-13-22(30)17(4)31-26(21)38-15-19-6-7-19/h8-11,13,16,19H,5-7,12,14-15H2,1-4H3. The molecule has 5 rings (SSSR count). The number of hydrogen-bond acceptors (Lipinski definition) is 5. The lowest BCUT2D eigenvalue weighted by atomic mass is 10.2. The van der Waals surface area contributed by atoms with Gasteiger partial charge in [0.25, 0.3) is 5.56 Å². The Hall–Kier alpha value is -3.82. The lowest BCUT2D eigenvalue weighted by molar-refractivity contribution is 0.288. The number of aryl methyl sites for hydroxylation is 1. The van der Waals surface area contributed by atoms with Crippen molar-refractivity contribution in [2.45, 2.75) is 66.1 Å². The van der Waals surface area contributed by atoms with Crippen LogP contribution in [-0.2, 0) is 13.1 Å². The molecule has 4 aromatic rings. The zero-order chi connectivity index (χ0) is 27.1. The Kier molecular flexibility index (Phi) is 6.90. The van der Waals surface area contributed by atoms with Gasteiger partial charge in [0.1, 0.15) is 17.5 Å². The van der Waals surface area contributed by atoms with Gasteiger partial charge in [-0.1, -0.05) is 19.1 Å². The van der Waals surface area contributed by atoms with Gasteiger partial charge in [0.2, 0.25) is 5.88 Å². The second-order valence-corrected chi connectivity index (χ2v) is 10.2. The molecule has 0 saturated heterocycles. The van der Waals surface area contributed by atoms with E-state index in [-0.39, 0.29) is 59.1 Å². The Morgan fingerprint density at radius 2 is 1.79 bits per heavy atom. The third kappa shape index (κ3) is 4.75. The van der Waals surface area contributed by atoms with Gasteiger partial charge in [0.05, 0.1) is 17.9 Å². The molecule has 0 spiro atoms. The van der Waals surface area contributed by atoms with E-state index in [0.717, 1.165) is 12.8 Å². The Balaban J connectivity index is 1.83. The van der Waals surface area contributed by atoms with E-state index in [2.05, 4.69) is 4.98 Å². The fourth-order valence-corrected chi connectivity index (χ4v) is 4.58. The molecule has 0 aliphatic heterocycles. The first kappa shape index (κ1) is 25.8. The second-order valence-electron chi connectivity index (χ2n) is 10.2. The third-order valence-corrected chi connectivity index (χ3v) is 6.79. The summed E-state index contributed by atoms with van der Waals surface area (Å²) >= 11 is 0. The van der Waals surface area contributed by atoms with Crippen LogP contribution >= 0.6 is 0 Å². The van der Waals surface area contributed by atoms with Gasteiger partial charge in [-0.05, 0) is 69.7 Å². The topological polar surface area (TPSA) is 83.9 Å². The molecule has 3 aromatic heterocycles. The van der Waals surface area contributed by atoms with Gasteiger partial charge in [0, 0.05) is 19.1 Å². The Labute approximate surface area is 218 Å². The number of pyridine rings is 1. The summed E-state index contributed by atoms with van der Waals surface area (Å²) in [6.45, 7) is 7.97. The number of hydrogen-bond donors (Lipinski definition) is 0. The molecule has 38 heavy (non-hydrogen) atoms. The van der Waals surface area contributed by atoms with E-state index in [1.54, 1.807) is 23.6 Å². The molecular weight excluding hydrogens is 492 g/mol. The highest BCUT2D eigenvalue weighted by atomic mass is 19.1. The summed E-state index contributed by atoms with van der Waals surface area (Å²) in [7, 11) is 0. The molecule has 200 valence electrons. The molecule has 1 saturated carbocycles. The molecule has 0 amide bonds. The summed E-state index contributed by atoms with van der Waals surface area (Å²) in [6.07, 6.45) is 2.72. The SMILES string of the molecule is CCCn1c(=O)c2c(nc(-c3cc(F)c(C)nc3OCC3CC3)n2Cc2ccc(F)cc2)n(C(C)C)c1=O. The van der Waals surface area contributed by atoms with Crippen molar-refractivity contribution in [3.05, 3.63) is 74.1 Å². The van der Waals surface area contributed by atoms with E-state index in [4.69, 9.17) is 9.72 Å². The molecule has 0 unspecified atom stereocenters. The predicted molar refractivity (Wildman–Crippen MR) is 141 cm³/mol.